The first-order chi connectivity index (χ1) is 9.65. The summed E-state index contributed by atoms with van der Waals surface area (Å²) in [4.78, 5) is 14.0. The summed E-state index contributed by atoms with van der Waals surface area (Å²) in [5, 5.41) is 6.11. The van der Waals surface area contributed by atoms with Gasteiger partial charge in [0.15, 0.2) is 0 Å². The molecule has 0 aliphatic carbocycles. The molecule has 1 atom stereocenters. The highest BCUT2D eigenvalue weighted by atomic mass is 35.5. The normalized spacial score (nSPS) is 17.4. The molecule has 1 aromatic rings. The van der Waals surface area contributed by atoms with E-state index in [2.05, 4.69) is 15.5 Å². The smallest absolute Gasteiger partial charge is 0.241 e. The maximum Gasteiger partial charge on any atom is 0.241 e. The number of amides is 1. The fourth-order valence-electron chi connectivity index (χ4n) is 2.12. The number of anilines is 1. The van der Waals surface area contributed by atoms with Gasteiger partial charge in [-0.3, -0.25) is 4.79 Å². The van der Waals surface area contributed by atoms with E-state index in [9.17, 15) is 4.79 Å². The highest BCUT2D eigenvalue weighted by molar-refractivity contribution is 5.95. The SMILES string of the molecule is CN(C)CCOc1ccc(NC(=O)C2CCCN2)cc1.Cl. The first-order valence-electron chi connectivity index (χ1n) is 7.07. The van der Waals surface area contributed by atoms with Crippen molar-refractivity contribution in [1.82, 2.24) is 10.2 Å². The average molecular weight is 314 g/mol. The highest BCUT2D eigenvalue weighted by Crippen LogP contribution is 2.16. The van der Waals surface area contributed by atoms with Gasteiger partial charge in [-0.15, -0.1) is 12.4 Å². The van der Waals surface area contributed by atoms with Gasteiger partial charge in [-0.25, -0.2) is 0 Å². The van der Waals surface area contributed by atoms with E-state index in [-0.39, 0.29) is 24.4 Å². The van der Waals surface area contributed by atoms with Crippen LogP contribution in [0.25, 0.3) is 0 Å². The lowest BCUT2D eigenvalue weighted by molar-refractivity contribution is -0.117. The Morgan fingerprint density at radius 2 is 2.10 bits per heavy atom. The Morgan fingerprint density at radius 3 is 2.67 bits per heavy atom. The van der Waals surface area contributed by atoms with Gasteiger partial charge in [-0.1, -0.05) is 0 Å². The molecule has 0 aromatic heterocycles. The third-order valence-corrected chi connectivity index (χ3v) is 3.31. The summed E-state index contributed by atoms with van der Waals surface area (Å²) in [5.41, 5.74) is 0.809. The number of ether oxygens (including phenoxy) is 1. The van der Waals surface area contributed by atoms with Crippen LogP contribution in [-0.2, 0) is 4.79 Å². The molecule has 0 bridgehead atoms. The van der Waals surface area contributed by atoms with Gasteiger partial charge >= 0.3 is 0 Å². The molecule has 5 nitrogen and oxygen atoms in total. The highest BCUT2D eigenvalue weighted by Gasteiger charge is 2.21. The Balaban J connectivity index is 0.00000220. The molecule has 0 saturated carbocycles. The van der Waals surface area contributed by atoms with Crippen LogP contribution < -0.4 is 15.4 Å². The van der Waals surface area contributed by atoms with E-state index in [1.165, 1.54) is 0 Å². The molecule has 1 fully saturated rings. The zero-order valence-electron chi connectivity index (χ0n) is 12.6. The third kappa shape index (κ3) is 5.91. The van der Waals surface area contributed by atoms with Crippen molar-refractivity contribution in [1.29, 1.82) is 0 Å². The molecule has 6 heteroatoms. The molecule has 1 heterocycles. The van der Waals surface area contributed by atoms with Crippen LogP contribution in [0.4, 0.5) is 5.69 Å². The van der Waals surface area contributed by atoms with E-state index >= 15 is 0 Å². The van der Waals surface area contributed by atoms with Gasteiger partial charge in [0, 0.05) is 12.2 Å². The Bertz CT molecular complexity index is 431. The molecule has 1 unspecified atom stereocenters. The van der Waals surface area contributed by atoms with Crippen molar-refractivity contribution in [2.45, 2.75) is 18.9 Å². The Hall–Kier alpha value is -1.30. The lowest BCUT2D eigenvalue weighted by atomic mass is 10.2. The van der Waals surface area contributed by atoms with Gasteiger partial charge in [0.25, 0.3) is 0 Å². The molecule has 1 amide bonds. The molecule has 0 radical (unpaired) electrons. The largest absolute Gasteiger partial charge is 0.492 e. The number of likely N-dealkylation sites (N-methyl/N-ethyl adjacent to an activating group) is 1. The number of nitrogens with one attached hydrogen (secondary N) is 2. The van der Waals surface area contributed by atoms with Gasteiger partial charge in [0.2, 0.25) is 5.91 Å². The van der Waals surface area contributed by atoms with E-state index in [0.29, 0.717) is 6.61 Å². The van der Waals surface area contributed by atoms with Crippen LogP contribution in [0, 0.1) is 0 Å². The van der Waals surface area contributed by atoms with Crippen LogP contribution in [0.15, 0.2) is 24.3 Å². The van der Waals surface area contributed by atoms with E-state index in [1.807, 2.05) is 38.4 Å². The van der Waals surface area contributed by atoms with Gasteiger partial charge in [-0.05, 0) is 57.7 Å². The minimum Gasteiger partial charge on any atom is -0.492 e. The van der Waals surface area contributed by atoms with E-state index in [4.69, 9.17) is 4.74 Å². The minimum atomic E-state index is -0.0500. The topological polar surface area (TPSA) is 53.6 Å². The lowest BCUT2D eigenvalue weighted by Crippen LogP contribution is -2.35. The standard InChI is InChI=1S/C15H23N3O2.ClH/c1-18(2)10-11-20-13-7-5-12(6-8-13)17-15(19)14-4-3-9-16-14;/h5-8,14,16H,3-4,9-11H2,1-2H3,(H,17,19);1H. The second-order valence-corrected chi connectivity index (χ2v) is 5.31. The molecule has 1 aromatic carbocycles. The molecule has 118 valence electrons. The van der Waals surface area contributed by atoms with Gasteiger partial charge < -0.3 is 20.3 Å². The fraction of sp³-hybridized carbons (Fsp3) is 0.533. The van der Waals surface area contributed by atoms with Crippen LogP contribution in [0.2, 0.25) is 0 Å². The molecule has 1 aliphatic rings. The summed E-state index contributed by atoms with van der Waals surface area (Å²) in [5.74, 6) is 0.868. The number of hydrogen-bond acceptors (Lipinski definition) is 4. The maximum atomic E-state index is 11.9. The lowest BCUT2D eigenvalue weighted by Gasteiger charge is -2.13. The van der Waals surface area contributed by atoms with Crippen LogP contribution >= 0.6 is 12.4 Å². The summed E-state index contributed by atoms with van der Waals surface area (Å²) in [6, 6.07) is 7.46. The van der Waals surface area contributed by atoms with Gasteiger partial charge in [0.1, 0.15) is 12.4 Å². The average Bonchev–Trinajstić information content (AvgIpc) is 2.94. The molecule has 21 heavy (non-hydrogen) atoms. The molecule has 0 spiro atoms. The van der Waals surface area contributed by atoms with Crippen molar-refractivity contribution in [2.75, 3.05) is 39.1 Å². The first-order valence-corrected chi connectivity index (χ1v) is 7.07. The summed E-state index contributed by atoms with van der Waals surface area (Å²) in [7, 11) is 4.03. The summed E-state index contributed by atoms with van der Waals surface area (Å²) in [6.07, 6.45) is 1.98. The number of rotatable bonds is 6. The number of nitrogens with zero attached hydrogens (tertiary/aromatic N) is 1. The van der Waals surface area contributed by atoms with E-state index in [1.54, 1.807) is 0 Å². The Kier molecular flexibility index (Phi) is 7.50. The van der Waals surface area contributed by atoms with Crippen LogP contribution in [-0.4, -0.2) is 50.6 Å². The Labute approximate surface area is 132 Å². The zero-order chi connectivity index (χ0) is 14.4. The number of halogens is 1. The second kappa shape index (κ2) is 8.87. The zero-order valence-corrected chi connectivity index (χ0v) is 13.4. The van der Waals surface area contributed by atoms with Crippen LogP contribution in [0.5, 0.6) is 5.75 Å². The van der Waals surface area contributed by atoms with Crippen molar-refractivity contribution in [3.05, 3.63) is 24.3 Å². The summed E-state index contributed by atoms with van der Waals surface area (Å²) in [6.45, 7) is 2.47. The molecule has 1 aliphatic heterocycles. The predicted molar refractivity (Wildman–Crippen MR) is 87.4 cm³/mol. The molecule has 1 saturated heterocycles. The van der Waals surface area contributed by atoms with Crippen molar-refractivity contribution in [2.24, 2.45) is 0 Å². The quantitative estimate of drug-likeness (QED) is 0.840. The predicted octanol–water partition coefficient (Wildman–Crippen LogP) is 1.74. The third-order valence-electron chi connectivity index (χ3n) is 3.31. The fourth-order valence-corrected chi connectivity index (χ4v) is 2.12. The van der Waals surface area contributed by atoms with Crippen LogP contribution in [0.1, 0.15) is 12.8 Å². The molecule has 2 N–H and O–H groups in total. The van der Waals surface area contributed by atoms with Crippen molar-refractivity contribution in [3.63, 3.8) is 0 Å². The number of hydrogen-bond donors (Lipinski definition) is 2. The number of benzene rings is 1. The van der Waals surface area contributed by atoms with Gasteiger partial charge in [-0.2, -0.15) is 0 Å². The summed E-state index contributed by atoms with van der Waals surface area (Å²) >= 11 is 0. The van der Waals surface area contributed by atoms with E-state index in [0.717, 1.165) is 37.4 Å². The summed E-state index contributed by atoms with van der Waals surface area (Å²) < 4.78 is 5.61. The van der Waals surface area contributed by atoms with E-state index < -0.39 is 0 Å². The molecular weight excluding hydrogens is 290 g/mol. The van der Waals surface area contributed by atoms with Crippen molar-refractivity contribution >= 4 is 24.0 Å². The number of carbonyl (C=O) groups excluding carboxylic acids is 1. The second-order valence-electron chi connectivity index (χ2n) is 5.31. The first kappa shape index (κ1) is 17.8. The molecular formula is C15H24ClN3O2. The molecule has 2 rings (SSSR count). The number of carbonyl (C=O) groups is 1. The van der Waals surface area contributed by atoms with Crippen molar-refractivity contribution in [3.8, 4) is 5.75 Å². The van der Waals surface area contributed by atoms with Gasteiger partial charge in [0.05, 0.1) is 6.04 Å². The van der Waals surface area contributed by atoms with Crippen molar-refractivity contribution < 1.29 is 9.53 Å². The minimum absolute atomic E-state index is 0. The maximum absolute atomic E-state index is 11.9. The monoisotopic (exact) mass is 313 g/mol. The van der Waals surface area contributed by atoms with Crippen LogP contribution in [0.3, 0.4) is 0 Å². The Morgan fingerprint density at radius 1 is 1.38 bits per heavy atom.